The molecule has 0 N–H and O–H groups in total. The number of hydrogen-bond donors (Lipinski definition) is 0. The lowest BCUT2D eigenvalue weighted by atomic mass is 9.75. The molecule has 2 heteroatoms. The van der Waals surface area contributed by atoms with Crippen molar-refractivity contribution in [3.63, 3.8) is 0 Å². The lowest BCUT2D eigenvalue weighted by Crippen LogP contribution is -2.26. The van der Waals surface area contributed by atoms with Crippen molar-refractivity contribution in [1.29, 1.82) is 0 Å². The van der Waals surface area contributed by atoms with Gasteiger partial charge in [0.15, 0.2) is 5.78 Å². The van der Waals surface area contributed by atoms with Gasteiger partial charge in [-0.15, -0.1) is 0 Å². The van der Waals surface area contributed by atoms with E-state index in [0.29, 0.717) is 6.42 Å². The molecule has 1 aromatic heterocycles. The zero-order valence-electron chi connectivity index (χ0n) is 11.6. The van der Waals surface area contributed by atoms with E-state index >= 15 is 0 Å². The fourth-order valence-corrected chi connectivity index (χ4v) is 2.99. The van der Waals surface area contributed by atoms with Crippen molar-refractivity contribution < 1.29 is 9.21 Å². The van der Waals surface area contributed by atoms with Crippen LogP contribution in [0.2, 0.25) is 0 Å². The molecule has 1 aliphatic carbocycles. The minimum absolute atomic E-state index is 0.00232. The van der Waals surface area contributed by atoms with Gasteiger partial charge in [-0.1, -0.05) is 44.2 Å². The van der Waals surface area contributed by atoms with Gasteiger partial charge in [0.05, 0.1) is 5.56 Å². The summed E-state index contributed by atoms with van der Waals surface area (Å²) < 4.78 is 5.88. The van der Waals surface area contributed by atoms with Crippen LogP contribution in [0.3, 0.4) is 0 Å². The normalized spacial score (nSPS) is 17.3. The minimum Gasteiger partial charge on any atom is -0.465 e. The first kappa shape index (κ1) is 12.2. The Kier molecular flexibility index (Phi) is 2.63. The molecule has 0 aliphatic heterocycles. The van der Waals surface area contributed by atoms with E-state index in [9.17, 15) is 4.79 Å². The molecular formula is C17H18O2. The summed E-state index contributed by atoms with van der Waals surface area (Å²) in [5.74, 6) is 1.92. The second kappa shape index (κ2) is 4.09. The van der Waals surface area contributed by atoms with E-state index in [1.165, 1.54) is 0 Å². The molecule has 0 saturated heterocycles. The Morgan fingerprint density at radius 1 is 1.05 bits per heavy atom. The number of fused-ring (bicyclic) bond motifs is 1. The molecule has 2 nitrogen and oxygen atoms in total. The Hall–Kier alpha value is -1.83. The minimum atomic E-state index is 0.00232. The van der Waals surface area contributed by atoms with Crippen LogP contribution >= 0.6 is 0 Å². The topological polar surface area (TPSA) is 30.2 Å². The van der Waals surface area contributed by atoms with Crippen LogP contribution in [-0.4, -0.2) is 5.78 Å². The summed E-state index contributed by atoms with van der Waals surface area (Å²) in [5.41, 5.74) is 2.86. The van der Waals surface area contributed by atoms with Gasteiger partial charge in [0.1, 0.15) is 11.5 Å². The number of carbonyl (C=O) groups excluding carboxylic acids is 1. The first-order chi connectivity index (χ1) is 8.98. The van der Waals surface area contributed by atoms with Gasteiger partial charge in [0.25, 0.3) is 0 Å². The molecule has 0 bridgehead atoms. The Morgan fingerprint density at radius 2 is 1.74 bits per heavy atom. The Bertz CT molecular complexity index is 633. The molecule has 1 aliphatic rings. The van der Waals surface area contributed by atoms with E-state index in [2.05, 4.69) is 13.8 Å². The highest BCUT2D eigenvalue weighted by Gasteiger charge is 2.36. The Balaban J connectivity index is 2.20. The lowest BCUT2D eigenvalue weighted by molar-refractivity contribution is 0.0904. The average Bonchev–Trinajstić information content (AvgIpc) is 2.65. The van der Waals surface area contributed by atoms with Crippen molar-refractivity contribution in [3.05, 3.63) is 47.4 Å². The fraction of sp³-hybridized carbons (Fsp3) is 0.353. The maximum atomic E-state index is 12.4. The maximum Gasteiger partial charge on any atom is 0.167 e. The molecule has 0 spiro atoms. The van der Waals surface area contributed by atoms with Crippen LogP contribution in [0.5, 0.6) is 0 Å². The first-order valence-corrected chi connectivity index (χ1v) is 6.69. The number of aryl methyl sites for hydroxylation is 1. The highest BCUT2D eigenvalue weighted by molar-refractivity contribution is 6.05. The van der Waals surface area contributed by atoms with E-state index in [0.717, 1.165) is 34.6 Å². The molecular weight excluding hydrogens is 236 g/mol. The predicted octanol–water partition coefficient (Wildman–Crippen LogP) is 4.41. The van der Waals surface area contributed by atoms with Crippen LogP contribution in [0.25, 0.3) is 11.1 Å². The summed E-state index contributed by atoms with van der Waals surface area (Å²) in [7, 11) is 0. The van der Waals surface area contributed by atoms with Gasteiger partial charge in [0, 0.05) is 18.4 Å². The van der Waals surface area contributed by atoms with Crippen LogP contribution in [0, 0.1) is 12.3 Å². The van der Waals surface area contributed by atoms with E-state index in [4.69, 9.17) is 4.42 Å². The smallest absolute Gasteiger partial charge is 0.167 e. The molecule has 0 saturated carbocycles. The number of ketones is 1. The molecule has 1 aromatic carbocycles. The predicted molar refractivity (Wildman–Crippen MR) is 75.3 cm³/mol. The Labute approximate surface area is 113 Å². The lowest BCUT2D eigenvalue weighted by Gasteiger charge is -2.27. The van der Waals surface area contributed by atoms with Crippen molar-refractivity contribution in [2.24, 2.45) is 5.41 Å². The number of rotatable bonds is 1. The van der Waals surface area contributed by atoms with E-state index in [-0.39, 0.29) is 11.2 Å². The number of furan rings is 1. The molecule has 0 fully saturated rings. The van der Waals surface area contributed by atoms with E-state index in [1.807, 2.05) is 37.3 Å². The van der Waals surface area contributed by atoms with Crippen molar-refractivity contribution in [3.8, 4) is 11.1 Å². The summed E-state index contributed by atoms with van der Waals surface area (Å²) in [6.07, 6.45) is 1.43. The summed E-state index contributed by atoms with van der Waals surface area (Å²) >= 11 is 0. The van der Waals surface area contributed by atoms with Crippen LogP contribution in [0.1, 0.15) is 42.1 Å². The second-order valence-electron chi connectivity index (χ2n) is 6.14. The molecule has 3 rings (SSSR count). The van der Waals surface area contributed by atoms with Crippen molar-refractivity contribution in [2.45, 2.75) is 33.6 Å². The molecule has 98 valence electrons. The van der Waals surface area contributed by atoms with Gasteiger partial charge in [-0.2, -0.15) is 0 Å². The first-order valence-electron chi connectivity index (χ1n) is 6.69. The summed E-state index contributed by atoms with van der Waals surface area (Å²) in [4.78, 5) is 12.4. The largest absolute Gasteiger partial charge is 0.465 e. The standard InChI is InChI=1S/C17H18O2/c1-11-15(12-7-5-4-6-8-12)16-13(18)9-17(2,3)10-14(16)19-11/h4-8H,9-10H2,1-3H3. The van der Waals surface area contributed by atoms with Gasteiger partial charge >= 0.3 is 0 Å². The van der Waals surface area contributed by atoms with Crippen molar-refractivity contribution in [1.82, 2.24) is 0 Å². The highest BCUT2D eigenvalue weighted by atomic mass is 16.3. The number of Topliss-reactive ketones (excluding diaryl/α,β-unsaturated/α-hetero) is 1. The summed E-state index contributed by atoms with van der Waals surface area (Å²) in [6.45, 7) is 6.18. The van der Waals surface area contributed by atoms with Crippen molar-refractivity contribution in [2.75, 3.05) is 0 Å². The van der Waals surface area contributed by atoms with Crippen LogP contribution in [0.4, 0.5) is 0 Å². The third-order valence-electron chi connectivity index (χ3n) is 3.78. The monoisotopic (exact) mass is 254 g/mol. The van der Waals surface area contributed by atoms with Crippen molar-refractivity contribution >= 4 is 5.78 Å². The second-order valence-corrected chi connectivity index (χ2v) is 6.14. The van der Waals surface area contributed by atoms with Gasteiger partial charge in [-0.3, -0.25) is 4.79 Å². The highest BCUT2D eigenvalue weighted by Crippen LogP contribution is 2.42. The van der Waals surface area contributed by atoms with E-state index < -0.39 is 0 Å². The molecule has 19 heavy (non-hydrogen) atoms. The van der Waals surface area contributed by atoms with Gasteiger partial charge < -0.3 is 4.42 Å². The number of hydrogen-bond acceptors (Lipinski definition) is 2. The van der Waals surface area contributed by atoms with Gasteiger partial charge in [-0.05, 0) is 17.9 Å². The number of carbonyl (C=O) groups is 1. The molecule has 2 aromatic rings. The third kappa shape index (κ3) is 2.01. The van der Waals surface area contributed by atoms with Crippen LogP contribution in [0.15, 0.2) is 34.7 Å². The zero-order chi connectivity index (χ0) is 13.6. The van der Waals surface area contributed by atoms with Crippen LogP contribution < -0.4 is 0 Å². The zero-order valence-corrected chi connectivity index (χ0v) is 11.6. The molecule has 1 heterocycles. The molecule has 0 atom stereocenters. The van der Waals surface area contributed by atoms with E-state index in [1.54, 1.807) is 0 Å². The quantitative estimate of drug-likeness (QED) is 0.754. The molecule has 0 amide bonds. The maximum absolute atomic E-state index is 12.4. The molecule has 0 radical (unpaired) electrons. The fourth-order valence-electron chi connectivity index (χ4n) is 2.99. The van der Waals surface area contributed by atoms with Gasteiger partial charge in [-0.25, -0.2) is 0 Å². The Morgan fingerprint density at radius 3 is 2.42 bits per heavy atom. The van der Waals surface area contributed by atoms with Crippen LogP contribution in [-0.2, 0) is 6.42 Å². The summed E-state index contributed by atoms with van der Waals surface area (Å²) in [5, 5.41) is 0. The average molecular weight is 254 g/mol. The SMILES string of the molecule is Cc1oc2c(c1-c1ccccc1)C(=O)CC(C)(C)C2. The van der Waals surface area contributed by atoms with Gasteiger partial charge in [0.2, 0.25) is 0 Å². The molecule has 0 unspecified atom stereocenters. The third-order valence-corrected chi connectivity index (χ3v) is 3.78. The number of benzene rings is 1. The summed E-state index contributed by atoms with van der Waals surface area (Å²) in [6, 6.07) is 10.0.